The quantitative estimate of drug-likeness (QED) is 0.737. The minimum Gasteiger partial charge on any atom is -0.474 e. The lowest BCUT2D eigenvalue weighted by Crippen LogP contribution is -2.41. The van der Waals surface area contributed by atoms with Crippen LogP contribution in [0, 0.1) is 0 Å². The molecule has 0 amide bonds. The molecular weight excluding hydrogens is 258 g/mol. The third-order valence-electron chi connectivity index (χ3n) is 3.81. The van der Waals surface area contributed by atoms with Crippen LogP contribution in [0.4, 0.5) is 0 Å². The molecule has 3 rings (SSSR count). The maximum absolute atomic E-state index is 12.4. The Morgan fingerprint density at radius 3 is 2.80 bits per heavy atom. The van der Waals surface area contributed by atoms with Crippen molar-refractivity contribution >= 4 is 16.9 Å². The van der Waals surface area contributed by atoms with E-state index < -0.39 is 11.6 Å². The summed E-state index contributed by atoms with van der Waals surface area (Å²) < 4.78 is 12.2. The van der Waals surface area contributed by atoms with E-state index in [0.29, 0.717) is 11.3 Å². The maximum Gasteiger partial charge on any atom is 0.350 e. The standard InChI is InChI=1S/C15H15NO4/c1-15(14(18)19-3)8-10-12(20-15)9-6-4-5-7-11(9)16(2)13(10)17/h4-7H,8H2,1-3H3. The molecule has 1 unspecified atom stereocenters. The van der Waals surface area contributed by atoms with Gasteiger partial charge in [0, 0.05) is 18.9 Å². The summed E-state index contributed by atoms with van der Waals surface area (Å²) >= 11 is 0. The van der Waals surface area contributed by atoms with Crippen LogP contribution in [0.5, 0.6) is 5.75 Å². The number of carbonyl (C=O) groups is 1. The normalized spacial score (nSPS) is 20.6. The van der Waals surface area contributed by atoms with Gasteiger partial charge in [0.2, 0.25) is 5.60 Å². The topological polar surface area (TPSA) is 57.5 Å². The van der Waals surface area contributed by atoms with E-state index in [0.717, 1.165) is 10.9 Å². The van der Waals surface area contributed by atoms with Crippen LogP contribution >= 0.6 is 0 Å². The van der Waals surface area contributed by atoms with Crippen LogP contribution in [-0.2, 0) is 23.0 Å². The van der Waals surface area contributed by atoms with Crippen molar-refractivity contribution in [3.05, 3.63) is 40.2 Å². The van der Waals surface area contributed by atoms with Gasteiger partial charge in [-0.2, -0.15) is 0 Å². The summed E-state index contributed by atoms with van der Waals surface area (Å²) in [6.07, 6.45) is 0.229. The zero-order chi connectivity index (χ0) is 14.5. The van der Waals surface area contributed by atoms with Crippen molar-refractivity contribution in [3.63, 3.8) is 0 Å². The van der Waals surface area contributed by atoms with Crippen molar-refractivity contribution in [2.45, 2.75) is 18.9 Å². The Balaban J connectivity index is 2.29. The van der Waals surface area contributed by atoms with Gasteiger partial charge in [0.05, 0.1) is 18.2 Å². The van der Waals surface area contributed by atoms with Crippen LogP contribution in [0.25, 0.3) is 10.9 Å². The fraction of sp³-hybridized carbons (Fsp3) is 0.333. The number of para-hydroxylation sites is 1. The van der Waals surface area contributed by atoms with E-state index in [9.17, 15) is 9.59 Å². The second-order valence-corrected chi connectivity index (χ2v) is 5.19. The maximum atomic E-state index is 12.4. The molecule has 5 nitrogen and oxygen atoms in total. The van der Waals surface area contributed by atoms with E-state index in [1.807, 2.05) is 24.3 Å². The number of hydrogen-bond acceptors (Lipinski definition) is 4. The van der Waals surface area contributed by atoms with Gasteiger partial charge in [-0.25, -0.2) is 4.79 Å². The lowest BCUT2D eigenvalue weighted by molar-refractivity contribution is -0.155. The lowest BCUT2D eigenvalue weighted by Gasteiger charge is -2.20. The largest absolute Gasteiger partial charge is 0.474 e. The summed E-state index contributed by atoms with van der Waals surface area (Å²) in [6, 6.07) is 7.48. The first kappa shape index (κ1) is 12.7. The Kier molecular flexibility index (Phi) is 2.61. The van der Waals surface area contributed by atoms with Crippen molar-refractivity contribution < 1.29 is 14.3 Å². The van der Waals surface area contributed by atoms with Crippen LogP contribution < -0.4 is 10.3 Å². The minimum absolute atomic E-state index is 0.133. The van der Waals surface area contributed by atoms with Gasteiger partial charge in [-0.3, -0.25) is 4.79 Å². The molecule has 1 aliphatic rings. The Morgan fingerprint density at radius 1 is 1.40 bits per heavy atom. The highest BCUT2D eigenvalue weighted by Crippen LogP contribution is 2.38. The number of aromatic nitrogens is 1. The van der Waals surface area contributed by atoms with E-state index >= 15 is 0 Å². The molecule has 1 aromatic carbocycles. The molecule has 0 radical (unpaired) electrons. The summed E-state index contributed by atoms with van der Waals surface area (Å²) in [6.45, 7) is 1.65. The number of benzene rings is 1. The van der Waals surface area contributed by atoms with E-state index in [-0.39, 0.29) is 12.0 Å². The highest BCUT2D eigenvalue weighted by Gasteiger charge is 2.45. The van der Waals surface area contributed by atoms with E-state index in [1.165, 1.54) is 7.11 Å². The van der Waals surface area contributed by atoms with E-state index in [1.54, 1.807) is 18.5 Å². The van der Waals surface area contributed by atoms with Crippen molar-refractivity contribution in [3.8, 4) is 5.75 Å². The number of rotatable bonds is 1. The van der Waals surface area contributed by atoms with Gasteiger partial charge < -0.3 is 14.0 Å². The average molecular weight is 273 g/mol. The van der Waals surface area contributed by atoms with Crippen LogP contribution in [0.3, 0.4) is 0 Å². The number of carbonyl (C=O) groups excluding carboxylic acids is 1. The molecule has 20 heavy (non-hydrogen) atoms. The van der Waals surface area contributed by atoms with Crippen molar-refractivity contribution in [1.82, 2.24) is 4.57 Å². The number of aryl methyl sites for hydroxylation is 1. The first-order chi connectivity index (χ1) is 9.48. The third-order valence-corrected chi connectivity index (χ3v) is 3.81. The summed E-state index contributed by atoms with van der Waals surface area (Å²) in [4.78, 5) is 24.3. The van der Waals surface area contributed by atoms with Crippen molar-refractivity contribution in [2.24, 2.45) is 7.05 Å². The van der Waals surface area contributed by atoms with Gasteiger partial charge in [0.15, 0.2) is 0 Å². The SMILES string of the molecule is COC(=O)C1(C)Cc2c(c3ccccc3n(C)c2=O)O1. The Bertz CT molecular complexity index is 777. The molecule has 0 spiro atoms. The number of esters is 1. The fourth-order valence-corrected chi connectivity index (χ4v) is 2.73. The van der Waals surface area contributed by atoms with Crippen LogP contribution in [0.1, 0.15) is 12.5 Å². The van der Waals surface area contributed by atoms with Gasteiger partial charge >= 0.3 is 5.97 Å². The highest BCUT2D eigenvalue weighted by atomic mass is 16.6. The molecule has 2 heterocycles. The summed E-state index contributed by atoms with van der Waals surface area (Å²) in [5.41, 5.74) is 0.0451. The predicted molar refractivity (Wildman–Crippen MR) is 73.9 cm³/mol. The third kappa shape index (κ3) is 1.56. The van der Waals surface area contributed by atoms with Crippen molar-refractivity contribution in [1.29, 1.82) is 0 Å². The van der Waals surface area contributed by atoms with Gasteiger partial charge in [0.1, 0.15) is 5.75 Å². The molecule has 1 atom stereocenters. The summed E-state index contributed by atoms with van der Waals surface area (Å²) in [5, 5.41) is 0.831. The smallest absolute Gasteiger partial charge is 0.350 e. The number of hydrogen-bond donors (Lipinski definition) is 0. The Hall–Kier alpha value is -2.30. The molecule has 0 saturated heterocycles. The van der Waals surface area contributed by atoms with Crippen molar-refractivity contribution in [2.75, 3.05) is 7.11 Å². The average Bonchev–Trinajstić information content (AvgIpc) is 2.83. The lowest BCUT2D eigenvalue weighted by atomic mass is 9.99. The van der Waals surface area contributed by atoms with Gasteiger partial charge in [0.25, 0.3) is 5.56 Å². The zero-order valence-corrected chi connectivity index (χ0v) is 11.6. The number of pyridine rings is 1. The molecule has 0 bridgehead atoms. The number of ether oxygens (including phenoxy) is 2. The minimum atomic E-state index is -1.13. The zero-order valence-electron chi connectivity index (χ0n) is 11.6. The molecule has 5 heteroatoms. The number of methoxy groups -OCH3 is 1. The van der Waals surface area contributed by atoms with E-state index in [2.05, 4.69) is 0 Å². The first-order valence-corrected chi connectivity index (χ1v) is 6.36. The second-order valence-electron chi connectivity index (χ2n) is 5.19. The molecule has 1 aliphatic heterocycles. The van der Waals surface area contributed by atoms with Gasteiger partial charge in [-0.05, 0) is 19.1 Å². The first-order valence-electron chi connectivity index (χ1n) is 6.36. The summed E-state index contributed by atoms with van der Waals surface area (Å²) in [7, 11) is 3.04. The van der Waals surface area contributed by atoms with Crippen LogP contribution in [0.2, 0.25) is 0 Å². The fourth-order valence-electron chi connectivity index (χ4n) is 2.73. The molecule has 0 aliphatic carbocycles. The summed E-state index contributed by atoms with van der Waals surface area (Å²) in [5.74, 6) is 0.0245. The number of nitrogens with zero attached hydrogens (tertiary/aromatic N) is 1. The molecule has 104 valence electrons. The molecular formula is C15H15NO4. The molecule has 1 aromatic heterocycles. The van der Waals surface area contributed by atoms with Crippen LogP contribution in [0.15, 0.2) is 29.1 Å². The highest BCUT2D eigenvalue weighted by molar-refractivity contribution is 5.90. The molecule has 0 saturated carbocycles. The molecule has 2 aromatic rings. The second kappa shape index (κ2) is 4.10. The Labute approximate surface area is 115 Å². The van der Waals surface area contributed by atoms with Gasteiger partial charge in [-0.15, -0.1) is 0 Å². The van der Waals surface area contributed by atoms with Gasteiger partial charge in [-0.1, -0.05) is 12.1 Å². The predicted octanol–water partition coefficient (Wildman–Crippen LogP) is 1.41. The number of fused-ring (bicyclic) bond motifs is 3. The Morgan fingerprint density at radius 2 is 2.10 bits per heavy atom. The molecule has 0 fully saturated rings. The van der Waals surface area contributed by atoms with Crippen LogP contribution in [-0.4, -0.2) is 23.2 Å². The molecule has 0 N–H and O–H groups in total. The monoisotopic (exact) mass is 273 g/mol. The van der Waals surface area contributed by atoms with E-state index in [4.69, 9.17) is 9.47 Å².